The first-order chi connectivity index (χ1) is 16.7. The predicted octanol–water partition coefficient (Wildman–Crippen LogP) is 9.25. The van der Waals surface area contributed by atoms with E-state index in [1.807, 2.05) is 6.20 Å². The molecule has 4 rings (SSSR count). The van der Waals surface area contributed by atoms with Gasteiger partial charge in [0.05, 0.1) is 5.71 Å². The summed E-state index contributed by atoms with van der Waals surface area (Å²) < 4.78 is 0. The zero-order chi connectivity index (χ0) is 23.6. The van der Waals surface area contributed by atoms with E-state index in [0.717, 1.165) is 32.1 Å². The van der Waals surface area contributed by atoms with Crippen molar-refractivity contribution in [2.75, 3.05) is 0 Å². The maximum absolute atomic E-state index is 12.9. The first kappa shape index (κ1) is 24.9. The lowest BCUT2D eigenvalue weighted by Gasteiger charge is -2.30. The molecule has 1 aromatic rings. The molecule has 0 radical (unpaired) electrons. The van der Waals surface area contributed by atoms with E-state index in [0.29, 0.717) is 24.0 Å². The highest BCUT2D eigenvalue weighted by Gasteiger charge is 2.30. The van der Waals surface area contributed by atoms with Crippen molar-refractivity contribution in [2.45, 2.75) is 103 Å². The number of carbonyl (C=O) groups is 1. The molecule has 0 aromatic heterocycles. The molecule has 2 nitrogen and oxygen atoms in total. The highest BCUT2D eigenvalue weighted by Crippen LogP contribution is 2.37. The van der Waals surface area contributed by atoms with Crippen LogP contribution in [-0.4, -0.2) is 11.5 Å². The largest absolute Gasteiger partial charge is 0.300 e. The molecule has 0 N–H and O–H groups in total. The molecule has 2 atom stereocenters. The van der Waals surface area contributed by atoms with Gasteiger partial charge in [-0.3, -0.25) is 9.79 Å². The molecule has 1 fully saturated rings. The normalized spacial score (nSPS) is 22.0. The highest BCUT2D eigenvalue weighted by molar-refractivity contribution is 6.06. The minimum Gasteiger partial charge on any atom is -0.300 e. The Bertz CT molecular complexity index is 963. The summed E-state index contributed by atoms with van der Waals surface area (Å²) in [5.41, 5.74) is 6.97. The maximum Gasteiger partial charge on any atom is 0.133 e. The smallest absolute Gasteiger partial charge is 0.133 e. The lowest BCUT2D eigenvalue weighted by atomic mass is 9.75. The molecule has 0 saturated heterocycles. The number of benzene rings is 1. The number of nitrogens with zero attached hydrogens (tertiary/aromatic N) is 1. The number of Topliss-reactive ketones (excluding diaryl/α,β-unsaturated/α-hetero) is 1. The van der Waals surface area contributed by atoms with Crippen LogP contribution in [0.4, 0.5) is 0 Å². The summed E-state index contributed by atoms with van der Waals surface area (Å²) >= 11 is 0. The monoisotopic (exact) mass is 463 g/mol. The summed E-state index contributed by atoms with van der Waals surface area (Å²) in [5.74, 6) is 1.47. The molecule has 34 heavy (non-hydrogen) atoms. The van der Waals surface area contributed by atoms with E-state index in [9.17, 15) is 4.79 Å². The average Bonchev–Trinajstić information content (AvgIpc) is 3.22. The van der Waals surface area contributed by atoms with Crippen molar-refractivity contribution in [3.05, 3.63) is 71.0 Å². The fourth-order valence-corrected chi connectivity index (χ4v) is 6.04. The quantitative estimate of drug-likeness (QED) is 0.284. The molecule has 1 aromatic carbocycles. The lowest BCUT2D eigenvalue weighted by Crippen LogP contribution is -2.25. The van der Waals surface area contributed by atoms with Crippen molar-refractivity contribution in [3.63, 3.8) is 0 Å². The number of aliphatic imine (C=N–C) groups is 1. The third-order valence-corrected chi connectivity index (χ3v) is 7.93. The molecule has 188 valence electrons. The highest BCUT2D eigenvalue weighted by atomic mass is 16.1. The predicted molar refractivity (Wildman–Crippen MR) is 151 cm³/mol. The van der Waals surface area contributed by atoms with Crippen LogP contribution in [0.5, 0.6) is 0 Å². The summed E-state index contributed by atoms with van der Waals surface area (Å²) in [6, 6.07) is 8.96. The van der Waals surface area contributed by atoms with Gasteiger partial charge in [-0.1, -0.05) is 87.1 Å². The zero-order valence-corrected chi connectivity index (χ0v) is 21.2. The summed E-state index contributed by atoms with van der Waals surface area (Å²) in [4.78, 5) is 17.8. The van der Waals surface area contributed by atoms with Crippen LogP contribution in [0, 0.1) is 11.8 Å². The third-order valence-electron chi connectivity index (χ3n) is 7.93. The van der Waals surface area contributed by atoms with Crippen LogP contribution in [0.2, 0.25) is 0 Å². The van der Waals surface area contributed by atoms with E-state index in [4.69, 9.17) is 4.99 Å². The number of aryl methyl sites for hydroxylation is 2. The molecule has 0 spiro atoms. The standard InChI is InChI=1S/C32H43NO.3H2/c1-2-3-4-5-6-11-25-12-7-13-26(22-25)19-20-30(34)24-27-14-8-16-29(23-27)32-31-18-9-15-28(31)17-10-21-33-32;;;/h7,9-10,12-13,18,21-22,27,29H,2-6,8,11,14-17,19-20,23-24H2,1H3;3*1H/t27-,29?;;;/m1.../s1. The molecule has 1 unspecified atom stereocenters. The van der Waals surface area contributed by atoms with Gasteiger partial charge < -0.3 is 0 Å². The fourth-order valence-electron chi connectivity index (χ4n) is 6.04. The molecule has 2 aliphatic carbocycles. The van der Waals surface area contributed by atoms with Crippen LogP contribution in [0.25, 0.3) is 0 Å². The minimum absolute atomic E-state index is 0. The Labute approximate surface area is 211 Å². The van der Waals surface area contributed by atoms with Crippen LogP contribution >= 0.6 is 0 Å². The van der Waals surface area contributed by atoms with E-state index < -0.39 is 0 Å². The maximum atomic E-state index is 12.9. The van der Waals surface area contributed by atoms with Crippen molar-refractivity contribution in [1.29, 1.82) is 0 Å². The first-order valence-electron chi connectivity index (χ1n) is 13.9. The van der Waals surface area contributed by atoms with Crippen molar-refractivity contribution < 1.29 is 9.07 Å². The van der Waals surface area contributed by atoms with E-state index >= 15 is 0 Å². The summed E-state index contributed by atoms with van der Waals surface area (Å²) in [6.45, 7) is 2.27. The molecule has 1 heterocycles. The molecule has 1 saturated carbocycles. The van der Waals surface area contributed by atoms with Crippen molar-refractivity contribution in [3.8, 4) is 0 Å². The van der Waals surface area contributed by atoms with E-state index in [1.54, 1.807) is 0 Å². The van der Waals surface area contributed by atoms with Gasteiger partial charge in [0.15, 0.2) is 0 Å². The van der Waals surface area contributed by atoms with Gasteiger partial charge in [0.25, 0.3) is 0 Å². The molecule has 0 amide bonds. The molecule has 0 bridgehead atoms. The summed E-state index contributed by atoms with van der Waals surface area (Å²) in [5, 5.41) is 0. The number of hydrogen-bond donors (Lipinski definition) is 0. The van der Waals surface area contributed by atoms with Crippen molar-refractivity contribution in [1.82, 2.24) is 0 Å². The van der Waals surface area contributed by atoms with Gasteiger partial charge in [0.2, 0.25) is 0 Å². The Morgan fingerprint density at radius 1 is 1.03 bits per heavy atom. The average molecular weight is 464 g/mol. The topological polar surface area (TPSA) is 29.4 Å². The number of rotatable bonds is 12. The van der Waals surface area contributed by atoms with E-state index in [-0.39, 0.29) is 4.28 Å². The number of allylic oxidation sites excluding steroid dienone is 5. The number of carbonyl (C=O) groups excluding carboxylic acids is 1. The van der Waals surface area contributed by atoms with Gasteiger partial charge >= 0.3 is 0 Å². The number of unbranched alkanes of at least 4 members (excludes halogenated alkanes) is 4. The van der Waals surface area contributed by atoms with Gasteiger partial charge in [-0.25, -0.2) is 0 Å². The Hall–Kier alpha value is -2.22. The number of hydrogen-bond acceptors (Lipinski definition) is 2. The van der Waals surface area contributed by atoms with Crippen molar-refractivity contribution >= 4 is 11.5 Å². The Balaban J connectivity index is 0.00000228. The molecular formula is C32H49NO. The van der Waals surface area contributed by atoms with E-state index in [1.165, 1.54) is 85.8 Å². The van der Waals surface area contributed by atoms with Crippen LogP contribution in [-0.2, 0) is 17.6 Å². The van der Waals surface area contributed by atoms with Gasteiger partial charge in [0.1, 0.15) is 5.78 Å². The van der Waals surface area contributed by atoms with Gasteiger partial charge in [-0.05, 0) is 74.0 Å². The Kier molecular flexibility index (Phi) is 9.53. The van der Waals surface area contributed by atoms with Gasteiger partial charge in [0, 0.05) is 29.2 Å². The summed E-state index contributed by atoms with van der Waals surface area (Å²) in [7, 11) is 0. The third kappa shape index (κ3) is 7.14. The van der Waals surface area contributed by atoms with Crippen LogP contribution < -0.4 is 0 Å². The molecule has 2 heteroatoms. The van der Waals surface area contributed by atoms with Gasteiger partial charge in [-0.15, -0.1) is 0 Å². The molecule has 1 aliphatic heterocycles. The SMILES string of the molecule is CCCCCCCc1cccc(CCC(=O)C[C@@H]2CCCC(C3=NC=CCC4=C3C=CC4)C2)c1.[HH].[HH].[HH]. The zero-order valence-electron chi connectivity index (χ0n) is 21.2. The molecule has 3 aliphatic rings. The number of ketones is 1. The van der Waals surface area contributed by atoms with E-state index in [2.05, 4.69) is 49.4 Å². The summed E-state index contributed by atoms with van der Waals surface area (Å²) in [6.07, 6.45) is 25.7. The van der Waals surface area contributed by atoms with Gasteiger partial charge in [-0.2, -0.15) is 0 Å². The minimum atomic E-state index is 0. The lowest BCUT2D eigenvalue weighted by molar-refractivity contribution is -0.120. The fraction of sp³-hybridized carbons (Fsp3) is 0.562. The molecular weight excluding hydrogens is 414 g/mol. The van der Waals surface area contributed by atoms with Crippen LogP contribution in [0.1, 0.15) is 106 Å². The second-order valence-corrected chi connectivity index (χ2v) is 10.7. The van der Waals surface area contributed by atoms with Crippen LogP contribution in [0.3, 0.4) is 0 Å². The Morgan fingerprint density at radius 2 is 1.85 bits per heavy atom. The Morgan fingerprint density at radius 3 is 2.74 bits per heavy atom. The van der Waals surface area contributed by atoms with Crippen LogP contribution in [0.15, 0.2) is 64.8 Å². The second-order valence-electron chi connectivity index (χ2n) is 10.7. The second kappa shape index (κ2) is 13.0. The first-order valence-corrected chi connectivity index (χ1v) is 13.9. The van der Waals surface area contributed by atoms with Crippen molar-refractivity contribution in [2.24, 2.45) is 16.8 Å².